The summed E-state index contributed by atoms with van der Waals surface area (Å²) in [6, 6.07) is 4.36. The van der Waals surface area contributed by atoms with Crippen LogP contribution in [0.4, 0.5) is 5.69 Å². The number of anilines is 1. The number of ether oxygens (including phenoxy) is 1. The van der Waals surface area contributed by atoms with Crippen molar-refractivity contribution in [2.75, 3.05) is 24.6 Å². The topological polar surface area (TPSA) is 66.0 Å². The third-order valence-corrected chi connectivity index (χ3v) is 8.87. The van der Waals surface area contributed by atoms with Crippen LogP contribution < -0.4 is 24.7 Å². The van der Waals surface area contributed by atoms with Crippen molar-refractivity contribution >= 4 is 37.5 Å². The van der Waals surface area contributed by atoms with E-state index < -0.39 is 0 Å². The predicted molar refractivity (Wildman–Crippen MR) is 103 cm³/mol. The van der Waals surface area contributed by atoms with E-state index in [9.17, 15) is 4.79 Å². The number of hydrogen-bond donors (Lipinski definition) is 2. The summed E-state index contributed by atoms with van der Waals surface area (Å²) in [7, 11) is 0. The minimum absolute atomic E-state index is 0.0560. The molecule has 1 radical (unpaired) electrons. The second-order valence-electron chi connectivity index (χ2n) is 7.64. The van der Waals surface area contributed by atoms with Gasteiger partial charge in [-0.25, -0.2) is 0 Å². The van der Waals surface area contributed by atoms with E-state index in [0.717, 1.165) is 35.1 Å². The first kappa shape index (κ1) is 16.6. The summed E-state index contributed by atoms with van der Waals surface area (Å²) in [6.07, 6.45) is 5.27. The van der Waals surface area contributed by atoms with Crippen LogP contribution in [0.2, 0.25) is 4.71 Å². The van der Waals surface area contributed by atoms with E-state index >= 15 is 0 Å². The summed E-state index contributed by atoms with van der Waals surface area (Å²) in [5.41, 5.74) is 5.15. The number of rotatable bonds is 3. The average molecular weight is 415 g/mol. The first-order valence-electron chi connectivity index (χ1n) is 9.58. The molecule has 1 atom stereocenters. The van der Waals surface area contributed by atoms with Crippen molar-refractivity contribution in [3.8, 4) is 5.75 Å². The van der Waals surface area contributed by atoms with Gasteiger partial charge in [-0.15, -0.1) is 0 Å². The van der Waals surface area contributed by atoms with Crippen molar-refractivity contribution in [3.63, 3.8) is 0 Å². The van der Waals surface area contributed by atoms with E-state index in [0.29, 0.717) is 12.5 Å². The van der Waals surface area contributed by atoms with Gasteiger partial charge in [-0.3, -0.25) is 0 Å². The molecule has 1 saturated carbocycles. The Kier molecular flexibility index (Phi) is 4.21. The van der Waals surface area contributed by atoms with Gasteiger partial charge in [-0.1, -0.05) is 0 Å². The van der Waals surface area contributed by atoms with Gasteiger partial charge < -0.3 is 0 Å². The van der Waals surface area contributed by atoms with Crippen molar-refractivity contribution in [2.45, 2.75) is 49.3 Å². The Morgan fingerprint density at radius 2 is 2.08 bits per heavy atom. The molecule has 1 saturated heterocycles. The molecule has 26 heavy (non-hydrogen) atoms. The standard InChI is InChI=1S/C19H24AsN4O2/c1-11-19(25)23-22-18-10-26-17-6-14(12-4-2-3-5-12)15(7-16(17)24(11)18)20-13-8-21-9-13/h6-7,11-13,21H,2-5,8-10H2,1H3,(H,23,25). The van der Waals surface area contributed by atoms with E-state index in [1.54, 1.807) is 0 Å². The normalized spacial score (nSPS) is 26.2. The Bertz CT molecular complexity index is 771. The van der Waals surface area contributed by atoms with E-state index in [-0.39, 0.29) is 27.7 Å². The SMILES string of the molecule is CC1C(=O)NN=C2COc3cc(C4CCCC4)c([As]C4CNC4)cc3N21. The Labute approximate surface area is 160 Å². The first-order valence-corrected chi connectivity index (χ1v) is 11.6. The van der Waals surface area contributed by atoms with Crippen molar-refractivity contribution in [1.29, 1.82) is 0 Å². The van der Waals surface area contributed by atoms with Gasteiger partial charge in [0, 0.05) is 0 Å². The molecule has 137 valence electrons. The number of benzene rings is 1. The summed E-state index contributed by atoms with van der Waals surface area (Å²) >= 11 is 0.127. The Hall–Kier alpha value is -1.52. The average Bonchev–Trinajstić information content (AvgIpc) is 3.14. The van der Waals surface area contributed by atoms with Crippen LogP contribution in [0.1, 0.15) is 44.1 Å². The first-order chi connectivity index (χ1) is 12.7. The summed E-state index contributed by atoms with van der Waals surface area (Å²) in [5.74, 6) is 2.34. The van der Waals surface area contributed by atoms with Crippen LogP contribution in [0, 0.1) is 0 Å². The molecule has 1 amide bonds. The molecule has 0 spiro atoms. The molecule has 2 fully saturated rings. The number of nitrogens with zero attached hydrogens (tertiary/aromatic N) is 2. The van der Waals surface area contributed by atoms with Crippen molar-refractivity contribution in [2.24, 2.45) is 5.10 Å². The van der Waals surface area contributed by atoms with Crippen molar-refractivity contribution in [3.05, 3.63) is 17.7 Å². The minimum atomic E-state index is -0.253. The third-order valence-electron chi connectivity index (χ3n) is 5.94. The number of carbonyl (C=O) groups excluding carboxylic acids is 1. The van der Waals surface area contributed by atoms with Crippen LogP contribution in [0.25, 0.3) is 0 Å². The molecule has 4 aliphatic rings. The molecule has 1 aromatic carbocycles. The van der Waals surface area contributed by atoms with E-state index in [1.807, 2.05) is 6.92 Å². The number of carbonyl (C=O) groups is 1. The molecule has 1 aromatic rings. The molecule has 3 heterocycles. The molecular formula is C19H24AsN4O2. The van der Waals surface area contributed by atoms with E-state index in [1.165, 1.54) is 35.6 Å². The van der Waals surface area contributed by atoms with Gasteiger partial charge >= 0.3 is 160 Å². The number of hydrazone groups is 1. The molecule has 0 bridgehead atoms. The number of hydrogen-bond acceptors (Lipinski definition) is 5. The van der Waals surface area contributed by atoms with Crippen LogP contribution in [0.5, 0.6) is 5.75 Å². The summed E-state index contributed by atoms with van der Waals surface area (Å²) < 4.78 is 8.39. The predicted octanol–water partition coefficient (Wildman–Crippen LogP) is 1.10. The van der Waals surface area contributed by atoms with Gasteiger partial charge in [0.25, 0.3) is 0 Å². The maximum absolute atomic E-state index is 12.1. The van der Waals surface area contributed by atoms with Crippen LogP contribution in [0.3, 0.4) is 0 Å². The number of nitrogens with one attached hydrogen (secondary N) is 2. The van der Waals surface area contributed by atoms with Gasteiger partial charge in [0.1, 0.15) is 0 Å². The summed E-state index contributed by atoms with van der Waals surface area (Å²) in [4.78, 5) is 14.2. The fourth-order valence-corrected chi connectivity index (χ4v) is 7.31. The second kappa shape index (κ2) is 6.57. The quantitative estimate of drug-likeness (QED) is 0.726. The molecule has 2 N–H and O–H groups in total. The molecule has 0 aromatic heterocycles. The summed E-state index contributed by atoms with van der Waals surface area (Å²) in [5, 5.41) is 7.62. The molecule has 1 unspecified atom stereocenters. The Morgan fingerprint density at radius 3 is 2.81 bits per heavy atom. The molecule has 5 rings (SSSR count). The summed E-state index contributed by atoms with van der Waals surface area (Å²) in [6.45, 7) is 4.65. The van der Waals surface area contributed by atoms with E-state index in [4.69, 9.17) is 4.74 Å². The second-order valence-corrected chi connectivity index (χ2v) is 10.7. The number of amides is 1. The third kappa shape index (κ3) is 2.74. The van der Waals surface area contributed by atoms with Gasteiger partial charge in [-0.2, -0.15) is 0 Å². The zero-order chi connectivity index (χ0) is 17.7. The zero-order valence-electron chi connectivity index (χ0n) is 15.0. The maximum atomic E-state index is 12.1. The number of fused-ring (bicyclic) bond motifs is 3. The zero-order valence-corrected chi connectivity index (χ0v) is 16.9. The fourth-order valence-electron chi connectivity index (χ4n) is 4.31. The van der Waals surface area contributed by atoms with Crippen molar-refractivity contribution in [1.82, 2.24) is 10.7 Å². The Morgan fingerprint density at radius 1 is 1.27 bits per heavy atom. The van der Waals surface area contributed by atoms with Gasteiger partial charge in [0.2, 0.25) is 0 Å². The van der Waals surface area contributed by atoms with Gasteiger partial charge in [0.15, 0.2) is 0 Å². The molecule has 3 aliphatic heterocycles. The van der Waals surface area contributed by atoms with Crippen LogP contribution in [-0.2, 0) is 4.79 Å². The molecular weight excluding hydrogens is 391 g/mol. The van der Waals surface area contributed by atoms with Crippen LogP contribution in [0.15, 0.2) is 17.2 Å². The van der Waals surface area contributed by atoms with Gasteiger partial charge in [-0.05, 0) is 0 Å². The van der Waals surface area contributed by atoms with E-state index in [2.05, 4.69) is 32.9 Å². The molecule has 1 aliphatic carbocycles. The number of amidine groups is 1. The van der Waals surface area contributed by atoms with Gasteiger partial charge in [0.05, 0.1) is 0 Å². The van der Waals surface area contributed by atoms with Crippen LogP contribution >= 0.6 is 0 Å². The molecule has 6 nitrogen and oxygen atoms in total. The monoisotopic (exact) mass is 415 g/mol. The Balaban J connectivity index is 1.58. The molecule has 7 heteroatoms. The fraction of sp³-hybridized carbons (Fsp3) is 0.579. The van der Waals surface area contributed by atoms with Crippen LogP contribution in [-0.4, -0.2) is 53.2 Å². The van der Waals surface area contributed by atoms with Crippen molar-refractivity contribution < 1.29 is 9.53 Å².